The van der Waals surface area contributed by atoms with Crippen LogP contribution in [0.4, 0.5) is 0 Å². The third kappa shape index (κ3) is 0.904. The van der Waals surface area contributed by atoms with Gasteiger partial charge in [-0.3, -0.25) is 9.59 Å². The molecule has 92 valence electrons. The molecule has 2 aliphatic carbocycles. The van der Waals surface area contributed by atoms with E-state index >= 15 is 0 Å². The average molecular weight is 238 g/mol. The van der Waals surface area contributed by atoms with Crippen LogP contribution >= 0.6 is 0 Å². The van der Waals surface area contributed by atoms with Crippen LogP contribution in [0, 0.1) is 23.2 Å². The predicted octanol–water partition coefficient (Wildman–Crippen LogP) is 0.497. The van der Waals surface area contributed by atoms with Crippen LogP contribution in [-0.4, -0.2) is 31.9 Å². The summed E-state index contributed by atoms with van der Waals surface area (Å²) in [5.74, 6) is -2.87. The van der Waals surface area contributed by atoms with E-state index < -0.39 is 29.1 Å². The fourth-order valence-electron chi connectivity index (χ4n) is 3.75. The molecule has 0 amide bonds. The summed E-state index contributed by atoms with van der Waals surface area (Å²) in [6, 6.07) is 0. The van der Waals surface area contributed by atoms with Gasteiger partial charge in [-0.2, -0.15) is 0 Å². The van der Waals surface area contributed by atoms with Crippen LogP contribution in [0.5, 0.6) is 0 Å². The predicted molar refractivity (Wildman–Crippen MR) is 55.6 cm³/mol. The molecular formula is C12H14O5. The minimum absolute atomic E-state index is 0.258. The lowest BCUT2D eigenvalue weighted by Gasteiger charge is -2.34. The van der Waals surface area contributed by atoms with E-state index in [1.165, 1.54) is 14.2 Å². The minimum Gasteiger partial charge on any atom is -0.392 e. The quantitative estimate of drug-likeness (QED) is 0.303. The molecule has 0 aromatic carbocycles. The molecule has 1 saturated carbocycles. The van der Waals surface area contributed by atoms with Crippen molar-refractivity contribution in [1.82, 2.24) is 0 Å². The van der Waals surface area contributed by atoms with Crippen LogP contribution in [0.3, 0.4) is 0 Å². The van der Waals surface area contributed by atoms with E-state index in [0.717, 1.165) is 0 Å². The van der Waals surface area contributed by atoms with Crippen LogP contribution in [-0.2, 0) is 23.8 Å². The van der Waals surface area contributed by atoms with E-state index in [9.17, 15) is 9.59 Å². The van der Waals surface area contributed by atoms with Crippen molar-refractivity contribution in [3.8, 4) is 0 Å². The van der Waals surface area contributed by atoms with Gasteiger partial charge in [0, 0.05) is 26.1 Å². The van der Waals surface area contributed by atoms with Crippen LogP contribution in [0.1, 0.15) is 6.92 Å². The zero-order valence-electron chi connectivity index (χ0n) is 9.93. The number of carbonyl (C=O) groups is 2. The smallest absolute Gasteiger partial charge is 0.321 e. The average Bonchev–Trinajstić information content (AvgIpc) is 2.85. The van der Waals surface area contributed by atoms with Gasteiger partial charge in [0.1, 0.15) is 0 Å². The normalized spacial score (nSPS) is 45.2. The lowest BCUT2D eigenvalue weighted by atomic mass is 9.71. The number of hydrogen-bond acceptors (Lipinski definition) is 5. The SMILES string of the molecule is COC1(OC)[C@@H]2C=C[C@H]1[C@@]1(C)C(=O)OC(=O)[C@@H]21. The van der Waals surface area contributed by atoms with Gasteiger partial charge in [-0.1, -0.05) is 12.2 Å². The van der Waals surface area contributed by atoms with Gasteiger partial charge in [0.05, 0.1) is 11.3 Å². The van der Waals surface area contributed by atoms with Crippen molar-refractivity contribution in [2.75, 3.05) is 14.2 Å². The molecule has 0 N–H and O–H groups in total. The summed E-state index contributed by atoms with van der Waals surface area (Å²) in [4.78, 5) is 23.7. The summed E-state index contributed by atoms with van der Waals surface area (Å²) in [5.41, 5.74) is -0.859. The molecule has 0 spiro atoms. The first-order valence-corrected chi connectivity index (χ1v) is 5.57. The molecular weight excluding hydrogens is 224 g/mol. The maximum absolute atomic E-state index is 11.9. The number of cyclic esters (lactones) is 2. The second-order valence-corrected chi connectivity index (χ2v) is 4.99. The maximum atomic E-state index is 11.9. The zero-order valence-corrected chi connectivity index (χ0v) is 9.93. The minimum atomic E-state index is -0.908. The van der Waals surface area contributed by atoms with Crippen molar-refractivity contribution in [2.45, 2.75) is 12.7 Å². The Kier molecular flexibility index (Phi) is 1.91. The molecule has 5 heteroatoms. The summed E-state index contributed by atoms with van der Waals surface area (Å²) < 4.78 is 15.7. The molecule has 5 nitrogen and oxygen atoms in total. The first kappa shape index (κ1) is 10.9. The number of methoxy groups -OCH3 is 2. The molecule has 0 aromatic heterocycles. The first-order chi connectivity index (χ1) is 8.02. The highest BCUT2D eigenvalue weighted by Gasteiger charge is 2.77. The molecule has 2 fully saturated rings. The van der Waals surface area contributed by atoms with Crippen molar-refractivity contribution in [1.29, 1.82) is 0 Å². The molecule has 0 radical (unpaired) electrons. The number of hydrogen-bond donors (Lipinski definition) is 0. The lowest BCUT2D eigenvalue weighted by molar-refractivity contribution is -0.239. The molecule has 0 aromatic rings. The first-order valence-electron chi connectivity index (χ1n) is 5.57. The highest BCUT2D eigenvalue weighted by Crippen LogP contribution is 2.65. The third-order valence-corrected chi connectivity index (χ3v) is 4.59. The van der Waals surface area contributed by atoms with Gasteiger partial charge in [-0.05, 0) is 6.92 Å². The van der Waals surface area contributed by atoms with E-state index in [2.05, 4.69) is 0 Å². The number of carbonyl (C=O) groups excluding carboxylic acids is 2. The van der Waals surface area contributed by atoms with Gasteiger partial charge in [0.2, 0.25) is 0 Å². The molecule has 4 atom stereocenters. The third-order valence-electron chi connectivity index (χ3n) is 4.59. The van der Waals surface area contributed by atoms with Gasteiger partial charge in [0.25, 0.3) is 0 Å². The van der Waals surface area contributed by atoms with E-state index in [1.807, 2.05) is 12.2 Å². The standard InChI is InChI=1S/C12H14O5/c1-11-7-5-4-6(12(7,15-2)16-3)8(11)9(13)17-10(11)14/h4-8H,1-3H3/t6-,7+,8-,11-/m1/s1. The van der Waals surface area contributed by atoms with E-state index in [0.29, 0.717) is 0 Å². The van der Waals surface area contributed by atoms with Gasteiger partial charge in [0.15, 0.2) is 5.79 Å². The van der Waals surface area contributed by atoms with Crippen LogP contribution in [0.2, 0.25) is 0 Å². The molecule has 1 saturated heterocycles. The summed E-state index contributed by atoms with van der Waals surface area (Å²) >= 11 is 0. The fraction of sp³-hybridized carbons (Fsp3) is 0.667. The summed E-state index contributed by atoms with van der Waals surface area (Å²) in [6.45, 7) is 1.76. The van der Waals surface area contributed by atoms with Gasteiger partial charge in [-0.25, -0.2) is 0 Å². The molecule has 1 heterocycles. The second kappa shape index (κ2) is 2.97. The summed E-state index contributed by atoms with van der Waals surface area (Å²) in [5, 5.41) is 0. The zero-order chi connectivity index (χ0) is 12.4. The summed E-state index contributed by atoms with van der Waals surface area (Å²) in [6.07, 6.45) is 3.79. The topological polar surface area (TPSA) is 61.8 Å². The van der Waals surface area contributed by atoms with E-state index in [1.54, 1.807) is 6.92 Å². The molecule has 3 rings (SSSR count). The van der Waals surface area contributed by atoms with Gasteiger partial charge < -0.3 is 14.2 Å². The molecule has 17 heavy (non-hydrogen) atoms. The number of fused-ring (bicyclic) bond motifs is 5. The van der Waals surface area contributed by atoms with Crippen LogP contribution < -0.4 is 0 Å². The Balaban J connectivity index is 2.17. The van der Waals surface area contributed by atoms with Crippen molar-refractivity contribution >= 4 is 11.9 Å². The Morgan fingerprint density at radius 1 is 1.24 bits per heavy atom. The molecule has 3 aliphatic rings. The van der Waals surface area contributed by atoms with Crippen molar-refractivity contribution < 1.29 is 23.8 Å². The Hall–Kier alpha value is -1.20. The highest BCUT2D eigenvalue weighted by atomic mass is 16.7. The second-order valence-electron chi connectivity index (χ2n) is 4.99. The van der Waals surface area contributed by atoms with E-state index in [-0.39, 0.29) is 11.8 Å². The number of ether oxygens (including phenoxy) is 3. The Bertz CT molecular complexity index is 436. The summed E-state index contributed by atoms with van der Waals surface area (Å²) in [7, 11) is 3.08. The fourth-order valence-corrected chi connectivity index (χ4v) is 3.75. The van der Waals surface area contributed by atoms with Crippen LogP contribution in [0.25, 0.3) is 0 Å². The largest absolute Gasteiger partial charge is 0.392 e. The van der Waals surface area contributed by atoms with E-state index in [4.69, 9.17) is 14.2 Å². The van der Waals surface area contributed by atoms with Crippen molar-refractivity contribution in [3.05, 3.63) is 12.2 Å². The Morgan fingerprint density at radius 2 is 1.88 bits per heavy atom. The Morgan fingerprint density at radius 3 is 2.41 bits per heavy atom. The number of esters is 2. The molecule has 2 bridgehead atoms. The number of rotatable bonds is 2. The van der Waals surface area contributed by atoms with Gasteiger partial charge in [-0.15, -0.1) is 0 Å². The highest BCUT2D eigenvalue weighted by molar-refractivity contribution is 6.01. The monoisotopic (exact) mass is 238 g/mol. The molecule has 1 aliphatic heterocycles. The maximum Gasteiger partial charge on any atom is 0.321 e. The lowest BCUT2D eigenvalue weighted by Crippen LogP contribution is -2.44. The Labute approximate surface area is 98.7 Å². The van der Waals surface area contributed by atoms with Crippen LogP contribution in [0.15, 0.2) is 12.2 Å². The van der Waals surface area contributed by atoms with Crippen molar-refractivity contribution in [2.24, 2.45) is 23.2 Å². The van der Waals surface area contributed by atoms with Gasteiger partial charge >= 0.3 is 11.9 Å². The van der Waals surface area contributed by atoms with Crippen molar-refractivity contribution in [3.63, 3.8) is 0 Å². The molecule has 0 unspecified atom stereocenters.